The van der Waals surface area contributed by atoms with Gasteiger partial charge in [0, 0.05) is 12.5 Å². The molecule has 0 saturated carbocycles. The highest BCUT2D eigenvalue weighted by Gasteiger charge is 2.06. The van der Waals surface area contributed by atoms with E-state index in [0.717, 1.165) is 29.9 Å². The monoisotopic (exact) mass is 238 g/mol. The molecule has 0 radical (unpaired) electrons. The number of carbonyl (C=O) groups excluding carboxylic acids is 1. The molecule has 1 aromatic carbocycles. The number of nitrogens with one attached hydrogen (secondary N) is 1. The molecule has 1 aromatic rings. The van der Waals surface area contributed by atoms with Crippen molar-refractivity contribution >= 4 is 5.91 Å². The van der Waals surface area contributed by atoms with E-state index in [-0.39, 0.29) is 5.91 Å². The number of ether oxygens (including phenoxy) is 2. The fourth-order valence-corrected chi connectivity index (χ4v) is 1.57. The van der Waals surface area contributed by atoms with Crippen LogP contribution >= 0.6 is 0 Å². The fourth-order valence-electron chi connectivity index (χ4n) is 1.57. The summed E-state index contributed by atoms with van der Waals surface area (Å²) in [7, 11) is 3.23. The molecule has 1 rings (SSSR count). The average molecular weight is 238 g/mol. The molecule has 0 saturated heterocycles. The van der Waals surface area contributed by atoms with Crippen molar-refractivity contribution in [1.29, 1.82) is 0 Å². The number of carbonyl (C=O) groups is 1. The van der Waals surface area contributed by atoms with Crippen molar-refractivity contribution in [2.75, 3.05) is 14.2 Å². The van der Waals surface area contributed by atoms with Crippen molar-refractivity contribution in [3.63, 3.8) is 0 Å². The van der Waals surface area contributed by atoms with Gasteiger partial charge >= 0.3 is 0 Å². The summed E-state index contributed by atoms with van der Waals surface area (Å²) in [5.74, 6) is 6.38. The molecule has 0 aliphatic rings. The number of methoxy groups -OCH3 is 2. The van der Waals surface area contributed by atoms with E-state index >= 15 is 0 Å². The van der Waals surface area contributed by atoms with E-state index in [4.69, 9.17) is 15.3 Å². The number of benzene rings is 1. The van der Waals surface area contributed by atoms with E-state index in [9.17, 15) is 4.79 Å². The first-order chi connectivity index (χ1) is 8.21. The lowest BCUT2D eigenvalue weighted by molar-refractivity contribution is -0.121. The molecular formula is C12H18N2O3. The molecule has 0 heterocycles. The van der Waals surface area contributed by atoms with Gasteiger partial charge in [0.05, 0.1) is 14.2 Å². The molecule has 5 heteroatoms. The molecule has 0 unspecified atom stereocenters. The van der Waals surface area contributed by atoms with Crippen molar-refractivity contribution in [3.8, 4) is 11.5 Å². The van der Waals surface area contributed by atoms with Crippen LogP contribution in [0.25, 0.3) is 0 Å². The number of rotatable bonds is 6. The number of aryl methyl sites for hydroxylation is 1. The van der Waals surface area contributed by atoms with Crippen molar-refractivity contribution in [2.45, 2.75) is 19.3 Å². The zero-order valence-corrected chi connectivity index (χ0v) is 10.2. The average Bonchev–Trinajstić information content (AvgIpc) is 2.38. The summed E-state index contributed by atoms with van der Waals surface area (Å²) in [5, 5.41) is 0. The minimum Gasteiger partial charge on any atom is -0.497 e. The van der Waals surface area contributed by atoms with Crippen LogP contribution in [0.3, 0.4) is 0 Å². The van der Waals surface area contributed by atoms with E-state index in [0.29, 0.717) is 6.42 Å². The van der Waals surface area contributed by atoms with Crippen LogP contribution in [0.15, 0.2) is 18.2 Å². The van der Waals surface area contributed by atoms with E-state index in [1.54, 1.807) is 14.2 Å². The highest BCUT2D eigenvalue weighted by molar-refractivity contribution is 5.75. The van der Waals surface area contributed by atoms with Crippen LogP contribution in [0.1, 0.15) is 18.4 Å². The first kappa shape index (κ1) is 13.3. The summed E-state index contributed by atoms with van der Waals surface area (Å²) < 4.78 is 10.4. The molecule has 0 aromatic heterocycles. The summed E-state index contributed by atoms with van der Waals surface area (Å²) in [6.45, 7) is 0. The van der Waals surface area contributed by atoms with Crippen LogP contribution in [0.2, 0.25) is 0 Å². The van der Waals surface area contributed by atoms with Gasteiger partial charge in [0.2, 0.25) is 5.91 Å². The highest BCUT2D eigenvalue weighted by atomic mass is 16.5. The van der Waals surface area contributed by atoms with Gasteiger partial charge in [-0.15, -0.1) is 0 Å². The predicted octanol–water partition coefficient (Wildman–Crippen LogP) is 1.02. The highest BCUT2D eigenvalue weighted by Crippen LogP contribution is 2.25. The minimum atomic E-state index is -0.155. The van der Waals surface area contributed by atoms with Crippen molar-refractivity contribution in [1.82, 2.24) is 5.43 Å². The van der Waals surface area contributed by atoms with Crippen LogP contribution in [0.4, 0.5) is 0 Å². The zero-order valence-electron chi connectivity index (χ0n) is 10.2. The summed E-state index contributed by atoms with van der Waals surface area (Å²) >= 11 is 0. The molecule has 5 nitrogen and oxygen atoms in total. The SMILES string of the molecule is COc1ccc(CCCC(=O)NN)c(OC)c1. The fraction of sp³-hybridized carbons (Fsp3) is 0.417. The third-order valence-corrected chi connectivity index (χ3v) is 2.51. The number of nitrogens with two attached hydrogens (primary N) is 1. The Kier molecular flexibility index (Phi) is 5.29. The van der Waals surface area contributed by atoms with Gasteiger partial charge in [0.15, 0.2) is 0 Å². The second kappa shape index (κ2) is 6.75. The van der Waals surface area contributed by atoms with Gasteiger partial charge in [-0.25, -0.2) is 5.84 Å². The Morgan fingerprint density at radius 1 is 1.35 bits per heavy atom. The lowest BCUT2D eigenvalue weighted by Gasteiger charge is -2.10. The van der Waals surface area contributed by atoms with Gasteiger partial charge in [0.25, 0.3) is 0 Å². The molecule has 3 N–H and O–H groups in total. The Morgan fingerprint density at radius 2 is 2.12 bits per heavy atom. The Hall–Kier alpha value is -1.75. The standard InChI is InChI=1S/C12H18N2O3/c1-16-10-7-6-9(11(8-10)17-2)4-3-5-12(15)14-13/h6-8H,3-5,13H2,1-2H3,(H,14,15). The zero-order chi connectivity index (χ0) is 12.7. The first-order valence-corrected chi connectivity index (χ1v) is 5.41. The molecule has 17 heavy (non-hydrogen) atoms. The van der Waals surface area contributed by atoms with E-state index in [1.807, 2.05) is 18.2 Å². The molecule has 1 amide bonds. The van der Waals surface area contributed by atoms with Gasteiger partial charge < -0.3 is 9.47 Å². The predicted molar refractivity (Wildman–Crippen MR) is 64.8 cm³/mol. The lowest BCUT2D eigenvalue weighted by Crippen LogP contribution is -2.29. The summed E-state index contributed by atoms with van der Waals surface area (Å²) in [5.41, 5.74) is 3.16. The Labute approximate surface area is 101 Å². The Bertz CT molecular complexity index is 380. The van der Waals surface area contributed by atoms with Gasteiger partial charge in [-0.3, -0.25) is 10.2 Å². The maximum Gasteiger partial charge on any atom is 0.233 e. The smallest absolute Gasteiger partial charge is 0.233 e. The second-order valence-corrected chi connectivity index (χ2v) is 3.60. The third kappa shape index (κ3) is 3.96. The minimum absolute atomic E-state index is 0.155. The van der Waals surface area contributed by atoms with Crippen LogP contribution in [-0.4, -0.2) is 20.1 Å². The quantitative estimate of drug-likeness (QED) is 0.441. The normalized spacial score (nSPS) is 9.82. The summed E-state index contributed by atoms with van der Waals surface area (Å²) in [6, 6.07) is 5.65. The van der Waals surface area contributed by atoms with Gasteiger partial charge in [-0.2, -0.15) is 0 Å². The Balaban J connectivity index is 2.61. The molecule has 0 aliphatic heterocycles. The van der Waals surface area contributed by atoms with Crippen molar-refractivity contribution in [2.24, 2.45) is 5.84 Å². The van der Waals surface area contributed by atoms with Crippen LogP contribution < -0.4 is 20.7 Å². The van der Waals surface area contributed by atoms with E-state index < -0.39 is 0 Å². The topological polar surface area (TPSA) is 73.6 Å². The number of amides is 1. The van der Waals surface area contributed by atoms with Crippen LogP contribution in [0, 0.1) is 0 Å². The van der Waals surface area contributed by atoms with E-state index in [1.165, 1.54) is 0 Å². The van der Waals surface area contributed by atoms with Crippen LogP contribution in [-0.2, 0) is 11.2 Å². The van der Waals surface area contributed by atoms with Gasteiger partial charge in [0.1, 0.15) is 11.5 Å². The van der Waals surface area contributed by atoms with Crippen molar-refractivity contribution in [3.05, 3.63) is 23.8 Å². The van der Waals surface area contributed by atoms with Crippen molar-refractivity contribution < 1.29 is 14.3 Å². The third-order valence-electron chi connectivity index (χ3n) is 2.51. The largest absolute Gasteiger partial charge is 0.497 e. The maximum absolute atomic E-state index is 11.0. The first-order valence-electron chi connectivity index (χ1n) is 5.41. The maximum atomic E-state index is 11.0. The molecule has 0 aliphatic carbocycles. The molecule has 0 fully saturated rings. The molecular weight excluding hydrogens is 220 g/mol. The lowest BCUT2D eigenvalue weighted by atomic mass is 10.1. The molecule has 0 spiro atoms. The summed E-state index contributed by atoms with van der Waals surface area (Å²) in [6.07, 6.45) is 1.90. The number of hydrogen-bond acceptors (Lipinski definition) is 4. The Morgan fingerprint density at radius 3 is 2.71 bits per heavy atom. The number of hydrogen-bond donors (Lipinski definition) is 2. The molecule has 94 valence electrons. The summed E-state index contributed by atoms with van der Waals surface area (Å²) in [4.78, 5) is 11.0. The second-order valence-electron chi connectivity index (χ2n) is 3.60. The van der Waals surface area contributed by atoms with Gasteiger partial charge in [-0.1, -0.05) is 6.07 Å². The molecule has 0 atom stereocenters. The number of hydrazine groups is 1. The van der Waals surface area contributed by atoms with E-state index in [2.05, 4.69) is 5.43 Å². The van der Waals surface area contributed by atoms with Crippen LogP contribution in [0.5, 0.6) is 11.5 Å². The van der Waals surface area contributed by atoms with Gasteiger partial charge in [-0.05, 0) is 24.5 Å². The molecule has 0 bridgehead atoms.